The molecule has 0 radical (unpaired) electrons. The second-order valence-corrected chi connectivity index (χ2v) is 5.41. The van der Waals surface area contributed by atoms with Gasteiger partial charge in [0.1, 0.15) is 10.7 Å². The first-order valence-corrected chi connectivity index (χ1v) is 6.50. The highest BCUT2D eigenvalue weighted by molar-refractivity contribution is 7.11. The van der Waals surface area contributed by atoms with E-state index in [1.165, 1.54) is 18.3 Å². The molecule has 9 heteroatoms. The van der Waals surface area contributed by atoms with Gasteiger partial charge in [0.15, 0.2) is 0 Å². The number of aromatic nitrogens is 3. The Kier molecular flexibility index (Phi) is 3.91. The van der Waals surface area contributed by atoms with Gasteiger partial charge in [-0.05, 0) is 25.4 Å². The molecule has 0 unspecified atom stereocenters. The summed E-state index contributed by atoms with van der Waals surface area (Å²) in [6.07, 6.45) is 1.74. The number of nitrogens with zero attached hydrogens (tertiary/aromatic N) is 4. The molecule has 0 fully saturated rings. The van der Waals surface area contributed by atoms with E-state index in [1.54, 1.807) is 6.20 Å². The van der Waals surface area contributed by atoms with Gasteiger partial charge in [0.05, 0.1) is 11.5 Å². The number of hydrogen-bond acceptors (Lipinski definition) is 7. The number of nitro groups is 1. The number of halogens is 1. The molecule has 100 valence electrons. The Balaban J connectivity index is 2.26. The lowest BCUT2D eigenvalue weighted by atomic mass is 10.3. The van der Waals surface area contributed by atoms with Gasteiger partial charge in [-0.1, -0.05) is 0 Å². The molecule has 2 rings (SSSR count). The van der Waals surface area contributed by atoms with Crippen molar-refractivity contribution in [1.82, 2.24) is 15.0 Å². The van der Waals surface area contributed by atoms with Crippen molar-refractivity contribution in [2.24, 2.45) is 0 Å². The van der Waals surface area contributed by atoms with Gasteiger partial charge in [-0.15, -0.1) is 11.3 Å². The molecule has 0 bridgehead atoms. The van der Waals surface area contributed by atoms with Gasteiger partial charge >= 0.3 is 5.69 Å². The fourth-order valence-corrected chi connectivity index (χ4v) is 2.46. The van der Waals surface area contributed by atoms with Crippen LogP contribution in [0.5, 0.6) is 0 Å². The second kappa shape index (κ2) is 5.45. The van der Waals surface area contributed by atoms with Crippen LogP contribution in [-0.4, -0.2) is 19.9 Å². The van der Waals surface area contributed by atoms with E-state index in [0.29, 0.717) is 6.54 Å². The minimum atomic E-state index is -0.527. The van der Waals surface area contributed by atoms with Gasteiger partial charge in [0, 0.05) is 11.1 Å². The van der Waals surface area contributed by atoms with Crippen LogP contribution in [0.1, 0.15) is 15.6 Å². The highest BCUT2D eigenvalue weighted by Gasteiger charge is 2.21. The molecule has 2 aromatic heterocycles. The van der Waals surface area contributed by atoms with Crippen LogP contribution in [0, 0.1) is 24.0 Å². The van der Waals surface area contributed by atoms with Crippen molar-refractivity contribution < 1.29 is 4.92 Å². The first-order chi connectivity index (χ1) is 8.97. The third-order valence-corrected chi connectivity index (χ3v) is 3.37. The van der Waals surface area contributed by atoms with Crippen molar-refractivity contribution in [1.29, 1.82) is 0 Å². The van der Waals surface area contributed by atoms with Crippen LogP contribution in [0.4, 0.5) is 11.5 Å². The predicted molar refractivity (Wildman–Crippen MR) is 72.6 cm³/mol. The summed E-state index contributed by atoms with van der Waals surface area (Å²) < 4.78 is 0. The zero-order chi connectivity index (χ0) is 14.0. The molecule has 19 heavy (non-hydrogen) atoms. The monoisotopic (exact) mass is 299 g/mol. The topological polar surface area (TPSA) is 93.8 Å². The van der Waals surface area contributed by atoms with Crippen LogP contribution in [0.25, 0.3) is 0 Å². The largest absolute Gasteiger partial charge is 0.358 e. The van der Waals surface area contributed by atoms with Crippen LogP contribution >= 0.6 is 22.9 Å². The van der Waals surface area contributed by atoms with Crippen molar-refractivity contribution in [3.05, 3.63) is 37.2 Å². The van der Waals surface area contributed by atoms with E-state index in [9.17, 15) is 10.1 Å². The summed E-state index contributed by atoms with van der Waals surface area (Å²) in [5.41, 5.74) is 0.0560. The summed E-state index contributed by atoms with van der Waals surface area (Å²) in [7, 11) is 0. The van der Waals surface area contributed by atoms with Gasteiger partial charge in [-0.25, -0.2) is 9.97 Å². The van der Waals surface area contributed by atoms with Gasteiger partial charge in [0.25, 0.3) is 0 Å². The van der Waals surface area contributed by atoms with Crippen LogP contribution in [0.2, 0.25) is 5.28 Å². The van der Waals surface area contributed by atoms with Crippen molar-refractivity contribution in [2.45, 2.75) is 20.4 Å². The quantitative estimate of drug-likeness (QED) is 0.530. The van der Waals surface area contributed by atoms with Crippen molar-refractivity contribution in [2.75, 3.05) is 5.32 Å². The summed E-state index contributed by atoms with van der Waals surface area (Å²) in [4.78, 5) is 23.3. The van der Waals surface area contributed by atoms with Crippen LogP contribution in [-0.2, 0) is 6.54 Å². The van der Waals surface area contributed by atoms with E-state index in [4.69, 9.17) is 11.6 Å². The summed E-state index contributed by atoms with van der Waals surface area (Å²) in [6, 6.07) is 0. The Labute approximate surface area is 117 Å². The zero-order valence-corrected chi connectivity index (χ0v) is 11.7. The van der Waals surface area contributed by atoms with Gasteiger partial charge in [-0.2, -0.15) is 4.98 Å². The molecule has 0 aromatic carbocycles. The highest BCUT2D eigenvalue weighted by Crippen LogP contribution is 2.27. The molecule has 0 aliphatic carbocycles. The summed E-state index contributed by atoms with van der Waals surface area (Å²) in [6.45, 7) is 3.81. The third-order valence-electron chi connectivity index (χ3n) is 2.29. The Morgan fingerprint density at radius 1 is 1.47 bits per heavy atom. The van der Waals surface area contributed by atoms with Crippen LogP contribution < -0.4 is 5.32 Å². The molecule has 0 saturated carbocycles. The number of aryl methyl sites for hydroxylation is 2. The number of nitrogens with one attached hydrogen (secondary N) is 1. The van der Waals surface area contributed by atoms with E-state index >= 15 is 0 Å². The Hall–Kier alpha value is -1.80. The van der Waals surface area contributed by atoms with Gasteiger partial charge in [-0.3, -0.25) is 10.1 Å². The molecule has 0 amide bonds. The highest BCUT2D eigenvalue weighted by atomic mass is 35.5. The minimum absolute atomic E-state index is 0.0269. The summed E-state index contributed by atoms with van der Waals surface area (Å²) in [5.74, 6) is 0.107. The zero-order valence-electron chi connectivity index (χ0n) is 10.2. The van der Waals surface area contributed by atoms with E-state index in [-0.39, 0.29) is 22.5 Å². The Bertz CT molecular complexity index is 630. The average Bonchev–Trinajstić information content (AvgIpc) is 2.71. The lowest BCUT2D eigenvalue weighted by Crippen LogP contribution is -2.07. The average molecular weight is 300 g/mol. The number of rotatable bonds is 4. The standard InChI is InChI=1S/C10H10ClN5O2S/c1-5-3-12-7(19-5)4-13-9-8(16(17)18)6(2)14-10(11)15-9/h3H,4H2,1-2H3,(H,13,14,15). The smallest absolute Gasteiger partial charge is 0.332 e. The molecule has 0 spiro atoms. The SMILES string of the molecule is Cc1cnc(CNc2nc(Cl)nc(C)c2[N+](=O)[O-])s1. The molecule has 2 aromatic rings. The maximum atomic E-state index is 11.0. The molecule has 2 heterocycles. The number of hydrogen-bond donors (Lipinski definition) is 1. The molecule has 0 atom stereocenters. The number of thiazole rings is 1. The summed E-state index contributed by atoms with van der Waals surface area (Å²) >= 11 is 7.22. The van der Waals surface area contributed by atoms with Crippen LogP contribution in [0.15, 0.2) is 6.20 Å². The maximum Gasteiger partial charge on any atom is 0.332 e. The second-order valence-electron chi connectivity index (χ2n) is 3.75. The van der Waals surface area contributed by atoms with Crippen molar-refractivity contribution in [3.63, 3.8) is 0 Å². The fourth-order valence-electron chi connectivity index (χ4n) is 1.52. The molecular weight excluding hydrogens is 290 g/mol. The van der Waals surface area contributed by atoms with E-state index in [2.05, 4.69) is 20.3 Å². The molecule has 7 nitrogen and oxygen atoms in total. The molecule has 1 N–H and O–H groups in total. The van der Waals surface area contributed by atoms with Crippen LogP contribution in [0.3, 0.4) is 0 Å². The van der Waals surface area contributed by atoms with Crippen molar-refractivity contribution in [3.8, 4) is 0 Å². The number of anilines is 1. The predicted octanol–water partition coefficient (Wildman–Crippen LogP) is 2.72. The fraction of sp³-hybridized carbons (Fsp3) is 0.300. The van der Waals surface area contributed by atoms with E-state index < -0.39 is 4.92 Å². The molecule has 0 saturated heterocycles. The first-order valence-electron chi connectivity index (χ1n) is 5.31. The molecular formula is C10H10ClN5O2S. The third kappa shape index (κ3) is 3.15. The minimum Gasteiger partial charge on any atom is -0.358 e. The molecule has 0 aliphatic heterocycles. The normalized spacial score (nSPS) is 10.5. The lowest BCUT2D eigenvalue weighted by Gasteiger charge is -2.06. The van der Waals surface area contributed by atoms with Gasteiger partial charge in [0.2, 0.25) is 11.1 Å². The van der Waals surface area contributed by atoms with Crippen molar-refractivity contribution >= 4 is 34.4 Å². The first kappa shape index (κ1) is 13.6. The van der Waals surface area contributed by atoms with E-state index in [0.717, 1.165) is 9.88 Å². The Morgan fingerprint density at radius 3 is 2.79 bits per heavy atom. The lowest BCUT2D eigenvalue weighted by molar-refractivity contribution is -0.385. The summed E-state index contributed by atoms with van der Waals surface area (Å²) in [5, 5.41) is 14.7. The Morgan fingerprint density at radius 2 is 2.21 bits per heavy atom. The molecule has 0 aliphatic rings. The maximum absolute atomic E-state index is 11.0. The van der Waals surface area contributed by atoms with Gasteiger partial charge < -0.3 is 5.32 Å². The van der Waals surface area contributed by atoms with E-state index in [1.807, 2.05) is 6.92 Å².